The van der Waals surface area contributed by atoms with Crippen molar-refractivity contribution >= 4 is 56.4 Å². The second-order valence-corrected chi connectivity index (χ2v) is 13.9. The van der Waals surface area contributed by atoms with Crippen LogP contribution in [0.4, 0.5) is 11.4 Å². The summed E-state index contributed by atoms with van der Waals surface area (Å²) >= 11 is 12.7. The first-order valence-electron chi connectivity index (χ1n) is 14.7. The Bertz CT molecular complexity index is 1810. The van der Waals surface area contributed by atoms with Crippen molar-refractivity contribution in [1.82, 2.24) is 10.2 Å². The molecule has 1 unspecified atom stereocenters. The summed E-state index contributed by atoms with van der Waals surface area (Å²) in [6.45, 7) is 3.38. The van der Waals surface area contributed by atoms with Crippen LogP contribution in [-0.2, 0) is 32.6 Å². The number of carbonyl (C=O) groups excluding carboxylic acids is 2. The largest absolute Gasteiger partial charge is 0.354 e. The van der Waals surface area contributed by atoms with Gasteiger partial charge in [-0.2, -0.15) is 0 Å². The number of sulfonamides is 1. The molecule has 0 aromatic heterocycles. The van der Waals surface area contributed by atoms with Crippen molar-refractivity contribution in [1.29, 1.82) is 0 Å². The minimum absolute atomic E-state index is 0.0288. The number of nitrogens with zero attached hydrogens (tertiary/aromatic N) is 3. The Labute approximate surface area is 284 Å². The van der Waals surface area contributed by atoms with E-state index >= 15 is 0 Å². The van der Waals surface area contributed by atoms with Gasteiger partial charge < -0.3 is 10.2 Å². The first kappa shape index (κ1) is 35.4. The number of hydrogen-bond acceptors (Lipinski definition) is 6. The number of rotatable bonds is 14. The van der Waals surface area contributed by atoms with Gasteiger partial charge in [-0.3, -0.25) is 24.0 Å². The van der Waals surface area contributed by atoms with Crippen molar-refractivity contribution in [2.75, 3.05) is 17.4 Å². The lowest BCUT2D eigenvalue weighted by molar-refractivity contribution is -0.384. The number of nitrogens with one attached hydrogen (secondary N) is 1. The van der Waals surface area contributed by atoms with Crippen molar-refractivity contribution in [3.63, 3.8) is 0 Å². The highest BCUT2D eigenvalue weighted by molar-refractivity contribution is 7.92. The molecule has 0 spiro atoms. The van der Waals surface area contributed by atoms with Gasteiger partial charge in [-0.05, 0) is 53.4 Å². The molecule has 0 aliphatic heterocycles. The normalized spacial score (nSPS) is 11.9. The molecular formula is C34H34Cl2N4O6S. The Morgan fingerprint density at radius 1 is 0.894 bits per heavy atom. The molecule has 0 saturated carbocycles. The van der Waals surface area contributed by atoms with E-state index in [1.165, 1.54) is 35.2 Å². The van der Waals surface area contributed by atoms with Crippen LogP contribution in [0.15, 0.2) is 108 Å². The van der Waals surface area contributed by atoms with Crippen LogP contribution in [0.2, 0.25) is 10.0 Å². The Balaban J connectivity index is 1.82. The molecule has 10 nitrogen and oxygen atoms in total. The lowest BCUT2D eigenvalue weighted by Gasteiger charge is -2.34. The van der Waals surface area contributed by atoms with E-state index < -0.39 is 39.3 Å². The molecule has 246 valence electrons. The van der Waals surface area contributed by atoms with Crippen molar-refractivity contribution in [3.8, 4) is 0 Å². The van der Waals surface area contributed by atoms with Gasteiger partial charge >= 0.3 is 0 Å². The number of halogens is 2. The SMILES string of the molecule is CC(C)CNC(=O)C(Cc1ccccc1)N(Cc1ccc(Cl)cc1Cl)C(=O)CN(c1ccc([N+](=O)[O-])cc1)S(=O)(=O)c1ccccc1. The van der Waals surface area contributed by atoms with Crippen LogP contribution >= 0.6 is 23.2 Å². The smallest absolute Gasteiger partial charge is 0.269 e. The van der Waals surface area contributed by atoms with Crippen LogP contribution in [-0.4, -0.2) is 49.2 Å². The number of hydrogen-bond donors (Lipinski definition) is 1. The Morgan fingerprint density at radius 3 is 2.09 bits per heavy atom. The van der Waals surface area contributed by atoms with Gasteiger partial charge in [0.15, 0.2) is 0 Å². The molecule has 4 aromatic rings. The third-order valence-electron chi connectivity index (χ3n) is 7.27. The Kier molecular flexibility index (Phi) is 12.0. The average Bonchev–Trinajstić information content (AvgIpc) is 3.05. The number of nitro benzene ring substituents is 1. The summed E-state index contributed by atoms with van der Waals surface area (Å²) in [5.41, 5.74) is 1.05. The van der Waals surface area contributed by atoms with Crippen molar-refractivity contribution in [2.45, 2.75) is 37.8 Å². The highest BCUT2D eigenvalue weighted by Crippen LogP contribution is 2.28. The van der Waals surface area contributed by atoms with Gasteiger partial charge in [0.1, 0.15) is 12.6 Å². The van der Waals surface area contributed by atoms with Crippen LogP contribution in [0.3, 0.4) is 0 Å². The minimum atomic E-state index is -4.36. The summed E-state index contributed by atoms with van der Waals surface area (Å²) in [6, 6.07) is 25.3. The number of amides is 2. The second-order valence-electron chi connectivity index (χ2n) is 11.2. The van der Waals surface area contributed by atoms with Crippen LogP contribution in [0, 0.1) is 16.0 Å². The third kappa shape index (κ3) is 9.31. The zero-order valence-corrected chi connectivity index (χ0v) is 28.1. The predicted octanol–water partition coefficient (Wildman–Crippen LogP) is 6.51. The van der Waals surface area contributed by atoms with Crippen molar-refractivity contribution in [3.05, 3.63) is 134 Å². The van der Waals surface area contributed by atoms with E-state index in [0.717, 1.165) is 22.0 Å². The maximum Gasteiger partial charge on any atom is 0.269 e. The number of benzene rings is 4. The fourth-order valence-corrected chi connectivity index (χ4v) is 6.70. The molecule has 47 heavy (non-hydrogen) atoms. The summed E-state index contributed by atoms with van der Waals surface area (Å²) in [6.07, 6.45) is 0.130. The molecule has 0 radical (unpaired) electrons. The van der Waals surface area contributed by atoms with Crippen LogP contribution in [0.1, 0.15) is 25.0 Å². The van der Waals surface area contributed by atoms with Crippen LogP contribution in [0.25, 0.3) is 0 Å². The van der Waals surface area contributed by atoms with E-state index in [2.05, 4.69) is 5.32 Å². The van der Waals surface area contributed by atoms with E-state index in [4.69, 9.17) is 23.2 Å². The van der Waals surface area contributed by atoms with E-state index in [-0.39, 0.29) is 40.2 Å². The molecule has 0 aliphatic rings. The fraction of sp³-hybridized carbons (Fsp3) is 0.235. The fourth-order valence-electron chi connectivity index (χ4n) is 4.80. The minimum Gasteiger partial charge on any atom is -0.354 e. The predicted molar refractivity (Wildman–Crippen MR) is 183 cm³/mol. The van der Waals surface area contributed by atoms with Gasteiger partial charge in [0, 0.05) is 41.7 Å². The van der Waals surface area contributed by atoms with Gasteiger partial charge in [-0.15, -0.1) is 0 Å². The third-order valence-corrected chi connectivity index (χ3v) is 9.65. The summed E-state index contributed by atoms with van der Waals surface area (Å²) < 4.78 is 29.0. The standard InChI is InChI=1S/C34H34Cl2N4O6S/c1-24(2)21-37-34(42)32(19-25-9-5-3-6-10-25)38(22-26-13-14-27(35)20-31(26)36)33(41)23-39(28-15-17-29(18-16-28)40(43)44)47(45,46)30-11-7-4-8-12-30/h3-18,20,24,32H,19,21-23H2,1-2H3,(H,37,42). The molecule has 4 aromatic carbocycles. The van der Waals surface area contributed by atoms with Gasteiger partial charge in [-0.1, -0.05) is 91.6 Å². The number of carbonyl (C=O) groups is 2. The number of anilines is 1. The van der Waals surface area contributed by atoms with Gasteiger partial charge in [0.05, 0.1) is 15.5 Å². The molecule has 1 N–H and O–H groups in total. The monoisotopic (exact) mass is 696 g/mol. The molecule has 0 saturated heterocycles. The first-order chi connectivity index (χ1) is 22.4. The summed E-state index contributed by atoms with van der Waals surface area (Å²) in [5, 5.41) is 14.9. The zero-order chi connectivity index (χ0) is 34.1. The molecule has 1 atom stereocenters. The second kappa shape index (κ2) is 15.9. The number of nitro groups is 1. The summed E-state index contributed by atoms with van der Waals surface area (Å²) in [7, 11) is -4.36. The molecule has 0 aliphatic carbocycles. The Morgan fingerprint density at radius 2 is 1.51 bits per heavy atom. The van der Waals surface area contributed by atoms with Crippen LogP contribution < -0.4 is 9.62 Å². The first-order valence-corrected chi connectivity index (χ1v) is 16.9. The average molecular weight is 698 g/mol. The van der Waals surface area contributed by atoms with Gasteiger partial charge in [-0.25, -0.2) is 8.42 Å². The van der Waals surface area contributed by atoms with E-state index in [1.54, 1.807) is 30.3 Å². The molecule has 4 rings (SSSR count). The van der Waals surface area contributed by atoms with Crippen molar-refractivity contribution < 1.29 is 22.9 Å². The van der Waals surface area contributed by atoms with Crippen molar-refractivity contribution in [2.24, 2.45) is 5.92 Å². The highest BCUT2D eigenvalue weighted by atomic mass is 35.5. The molecule has 2 amide bonds. The molecule has 0 heterocycles. The van der Waals surface area contributed by atoms with E-state index in [0.29, 0.717) is 17.1 Å². The van der Waals surface area contributed by atoms with Gasteiger partial charge in [0.2, 0.25) is 11.8 Å². The Hall–Kier alpha value is -4.45. The van der Waals surface area contributed by atoms with E-state index in [1.807, 2.05) is 44.2 Å². The quantitative estimate of drug-likeness (QED) is 0.118. The molecular weight excluding hydrogens is 663 g/mol. The highest BCUT2D eigenvalue weighted by Gasteiger charge is 2.35. The lowest BCUT2D eigenvalue weighted by Crippen LogP contribution is -2.53. The number of non-ortho nitro benzene ring substituents is 1. The lowest BCUT2D eigenvalue weighted by atomic mass is 10.0. The van der Waals surface area contributed by atoms with E-state index in [9.17, 15) is 28.1 Å². The molecule has 13 heteroatoms. The maximum absolute atomic E-state index is 14.5. The molecule has 0 bridgehead atoms. The maximum atomic E-state index is 14.5. The zero-order valence-electron chi connectivity index (χ0n) is 25.8. The molecule has 0 fully saturated rings. The van der Waals surface area contributed by atoms with Gasteiger partial charge in [0.25, 0.3) is 15.7 Å². The topological polar surface area (TPSA) is 130 Å². The summed E-state index contributed by atoms with van der Waals surface area (Å²) in [5.74, 6) is -0.997. The van der Waals surface area contributed by atoms with Crippen LogP contribution in [0.5, 0.6) is 0 Å². The summed E-state index contributed by atoms with van der Waals surface area (Å²) in [4.78, 5) is 40.3.